The SMILES string of the molecule is Cc1cc(SCc2ccc(C(=O)O)o2)ccc1N. The van der Waals surface area contributed by atoms with Gasteiger partial charge >= 0.3 is 5.97 Å². The number of thioether (sulfide) groups is 1. The molecule has 3 N–H and O–H groups in total. The third kappa shape index (κ3) is 2.87. The van der Waals surface area contributed by atoms with Gasteiger partial charge in [0.25, 0.3) is 0 Å². The molecule has 0 fully saturated rings. The number of aromatic carboxylic acids is 1. The summed E-state index contributed by atoms with van der Waals surface area (Å²) in [4.78, 5) is 11.7. The van der Waals surface area contributed by atoms with E-state index in [2.05, 4.69) is 0 Å². The first kappa shape index (κ1) is 12.6. The predicted molar refractivity (Wildman–Crippen MR) is 70.8 cm³/mol. The van der Waals surface area contributed by atoms with E-state index >= 15 is 0 Å². The first-order valence-electron chi connectivity index (χ1n) is 5.37. The molecular weight excluding hydrogens is 250 g/mol. The normalized spacial score (nSPS) is 10.5. The molecule has 0 amide bonds. The number of rotatable bonds is 4. The van der Waals surface area contributed by atoms with Crippen LogP contribution in [0.3, 0.4) is 0 Å². The van der Waals surface area contributed by atoms with Gasteiger partial charge in [-0.15, -0.1) is 11.8 Å². The molecule has 18 heavy (non-hydrogen) atoms. The maximum atomic E-state index is 10.7. The Morgan fingerprint density at radius 3 is 2.78 bits per heavy atom. The zero-order valence-electron chi connectivity index (χ0n) is 9.84. The standard InChI is InChI=1S/C13H13NO3S/c1-8-6-10(3-4-11(8)14)18-7-9-2-5-12(17-9)13(15)16/h2-6H,7,14H2,1H3,(H,15,16). The highest BCUT2D eigenvalue weighted by molar-refractivity contribution is 7.98. The van der Waals surface area contributed by atoms with E-state index in [1.807, 2.05) is 25.1 Å². The Morgan fingerprint density at radius 2 is 2.17 bits per heavy atom. The molecule has 4 nitrogen and oxygen atoms in total. The van der Waals surface area contributed by atoms with E-state index in [1.165, 1.54) is 6.07 Å². The summed E-state index contributed by atoms with van der Waals surface area (Å²) in [7, 11) is 0. The van der Waals surface area contributed by atoms with Gasteiger partial charge in [-0.05, 0) is 42.8 Å². The topological polar surface area (TPSA) is 76.5 Å². The summed E-state index contributed by atoms with van der Waals surface area (Å²) < 4.78 is 5.18. The van der Waals surface area contributed by atoms with Gasteiger partial charge in [0.15, 0.2) is 0 Å². The molecule has 0 saturated carbocycles. The van der Waals surface area contributed by atoms with Crippen LogP contribution in [0.2, 0.25) is 0 Å². The number of furan rings is 1. The smallest absolute Gasteiger partial charge is 0.371 e. The lowest BCUT2D eigenvalue weighted by atomic mass is 10.2. The predicted octanol–water partition coefficient (Wildman–Crippen LogP) is 3.16. The zero-order chi connectivity index (χ0) is 13.1. The van der Waals surface area contributed by atoms with Crippen LogP contribution in [0, 0.1) is 6.92 Å². The third-order valence-electron chi connectivity index (χ3n) is 2.49. The molecule has 0 radical (unpaired) electrons. The van der Waals surface area contributed by atoms with Crippen molar-refractivity contribution in [3.05, 3.63) is 47.4 Å². The van der Waals surface area contributed by atoms with E-state index in [1.54, 1.807) is 17.8 Å². The number of aryl methyl sites for hydroxylation is 1. The summed E-state index contributed by atoms with van der Waals surface area (Å²) in [6, 6.07) is 8.95. The summed E-state index contributed by atoms with van der Waals surface area (Å²) in [5.74, 6) is 0.164. The number of nitrogens with two attached hydrogens (primary N) is 1. The number of carboxylic acid groups (broad SMARTS) is 1. The molecular formula is C13H13NO3S. The van der Waals surface area contributed by atoms with Crippen molar-refractivity contribution in [2.75, 3.05) is 5.73 Å². The van der Waals surface area contributed by atoms with Crippen LogP contribution in [0.15, 0.2) is 39.6 Å². The van der Waals surface area contributed by atoms with Gasteiger partial charge < -0.3 is 15.3 Å². The molecule has 2 rings (SSSR count). The lowest BCUT2D eigenvalue weighted by Crippen LogP contribution is -1.91. The number of anilines is 1. The van der Waals surface area contributed by atoms with E-state index in [-0.39, 0.29) is 5.76 Å². The molecule has 2 aromatic rings. The minimum absolute atomic E-state index is 0.0286. The van der Waals surface area contributed by atoms with Gasteiger partial charge in [-0.2, -0.15) is 0 Å². The number of carbonyl (C=O) groups is 1. The van der Waals surface area contributed by atoms with Crippen molar-refractivity contribution >= 4 is 23.4 Å². The average molecular weight is 263 g/mol. The van der Waals surface area contributed by atoms with Gasteiger partial charge in [0.1, 0.15) is 5.76 Å². The largest absolute Gasteiger partial charge is 0.475 e. The monoisotopic (exact) mass is 263 g/mol. The van der Waals surface area contributed by atoms with E-state index in [0.717, 1.165) is 16.1 Å². The van der Waals surface area contributed by atoms with E-state index in [9.17, 15) is 4.79 Å². The Hall–Kier alpha value is -1.88. The first-order valence-corrected chi connectivity index (χ1v) is 6.36. The molecule has 0 atom stereocenters. The maximum Gasteiger partial charge on any atom is 0.371 e. The van der Waals surface area contributed by atoms with Crippen LogP contribution in [0.5, 0.6) is 0 Å². The Labute approximate surface area is 109 Å². The number of hydrogen-bond donors (Lipinski definition) is 2. The van der Waals surface area contributed by atoms with Gasteiger partial charge in [-0.3, -0.25) is 0 Å². The quantitative estimate of drug-likeness (QED) is 0.654. The van der Waals surface area contributed by atoms with Crippen molar-refractivity contribution < 1.29 is 14.3 Å². The summed E-state index contributed by atoms with van der Waals surface area (Å²) in [5.41, 5.74) is 7.54. The summed E-state index contributed by atoms with van der Waals surface area (Å²) in [6.45, 7) is 1.95. The highest BCUT2D eigenvalue weighted by Crippen LogP contribution is 2.26. The Bertz CT molecular complexity index is 577. The van der Waals surface area contributed by atoms with Gasteiger partial charge in [0, 0.05) is 10.6 Å². The average Bonchev–Trinajstić information content (AvgIpc) is 2.79. The van der Waals surface area contributed by atoms with Crippen LogP contribution in [-0.2, 0) is 5.75 Å². The van der Waals surface area contributed by atoms with Crippen molar-refractivity contribution in [3.63, 3.8) is 0 Å². The summed E-state index contributed by atoms with van der Waals surface area (Å²) >= 11 is 1.58. The van der Waals surface area contributed by atoms with Crippen LogP contribution >= 0.6 is 11.8 Å². The van der Waals surface area contributed by atoms with Crippen molar-refractivity contribution in [2.45, 2.75) is 17.6 Å². The highest BCUT2D eigenvalue weighted by Gasteiger charge is 2.09. The fourth-order valence-corrected chi connectivity index (χ4v) is 2.35. The zero-order valence-corrected chi connectivity index (χ0v) is 10.7. The molecule has 0 aliphatic heterocycles. The number of benzene rings is 1. The van der Waals surface area contributed by atoms with Crippen LogP contribution in [0.4, 0.5) is 5.69 Å². The maximum absolute atomic E-state index is 10.7. The van der Waals surface area contributed by atoms with Crippen LogP contribution < -0.4 is 5.73 Å². The highest BCUT2D eigenvalue weighted by atomic mass is 32.2. The van der Waals surface area contributed by atoms with Gasteiger partial charge in [0.05, 0.1) is 5.75 Å². The second kappa shape index (κ2) is 5.18. The van der Waals surface area contributed by atoms with E-state index in [0.29, 0.717) is 11.5 Å². The van der Waals surface area contributed by atoms with E-state index in [4.69, 9.17) is 15.3 Å². The van der Waals surface area contributed by atoms with Crippen LogP contribution in [-0.4, -0.2) is 11.1 Å². The molecule has 1 aromatic heterocycles. The van der Waals surface area contributed by atoms with Crippen LogP contribution in [0.1, 0.15) is 21.9 Å². The molecule has 1 aromatic carbocycles. The molecule has 0 unspecified atom stereocenters. The molecule has 0 saturated heterocycles. The Morgan fingerprint density at radius 1 is 1.39 bits per heavy atom. The lowest BCUT2D eigenvalue weighted by molar-refractivity contribution is 0.0661. The summed E-state index contributed by atoms with van der Waals surface area (Å²) in [5, 5.41) is 8.74. The van der Waals surface area contributed by atoms with Gasteiger partial charge in [0.2, 0.25) is 5.76 Å². The minimum atomic E-state index is -1.05. The van der Waals surface area contributed by atoms with Crippen molar-refractivity contribution in [1.82, 2.24) is 0 Å². The third-order valence-corrected chi connectivity index (χ3v) is 3.51. The molecule has 0 aliphatic rings. The Balaban J connectivity index is 2.02. The van der Waals surface area contributed by atoms with Crippen LogP contribution in [0.25, 0.3) is 0 Å². The molecule has 1 heterocycles. The molecule has 0 spiro atoms. The molecule has 0 aliphatic carbocycles. The second-order valence-corrected chi connectivity index (χ2v) is 4.93. The Kier molecular flexibility index (Phi) is 3.62. The fourth-order valence-electron chi connectivity index (χ4n) is 1.46. The summed E-state index contributed by atoms with van der Waals surface area (Å²) in [6.07, 6.45) is 0. The molecule has 5 heteroatoms. The van der Waals surface area contributed by atoms with Gasteiger partial charge in [-0.25, -0.2) is 4.79 Å². The second-order valence-electron chi connectivity index (χ2n) is 3.88. The van der Waals surface area contributed by atoms with Crippen molar-refractivity contribution in [2.24, 2.45) is 0 Å². The van der Waals surface area contributed by atoms with E-state index < -0.39 is 5.97 Å². The van der Waals surface area contributed by atoms with Crippen molar-refractivity contribution in [1.29, 1.82) is 0 Å². The minimum Gasteiger partial charge on any atom is -0.475 e. The molecule has 94 valence electrons. The first-order chi connectivity index (χ1) is 8.56. The number of carboxylic acids is 1. The number of nitrogen functional groups attached to an aromatic ring is 1. The molecule has 0 bridgehead atoms. The lowest BCUT2D eigenvalue weighted by Gasteiger charge is -2.03. The number of hydrogen-bond acceptors (Lipinski definition) is 4. The van der Waals surface area contributed by atoms with Gasteiger partial charge in [-0.1, -0.05) is 0 Å². The van der Waals surface area contributed by atoms with Crippen molar-refractivity contribution in [3.8, 4) is 0 Å². The fraction of sp³-hybridized carbons (Fsp3) is 0.154.